The average Bonchev–Trinajstić information content (AvgIpc) is 2.42. The van der Waals surface area contributed by atoms with Crippen LogP contribution in [0.25, 0.3) is 0 Å². The molecule has 2 aromatic carbocycles. The first-order valence-electron chi connectivity index (χ1n) is 6.30. The van der Waals surface area contributed by atoms with E-state index in [1.165, 1.54) is 17.0 Å². The first-order chi connectivity index (χ1) is 9.60. The van der Waals surface area contributed by atoms with E-state index in [0.29, 0.717) is 23.6 Å². The van der Waals surface area contributed by atoms with E-state index in [2.05, 4.69) is 5.32 Å². The number of rotatable bonds is 3. The molecule has 0 fully saturated rings. The van der Waals surface area contributed by atoms with Crippen LogP contribution >= 0.6 is 0 Å². The van der Waals surface area contributed by atoms with Crippen LogP contribution in [0.2, 0.25) is 0 Å². The fourth-order valence-corrected chi connectivity index (χ4v) is 1.84. The van der Waals surface area contributed by atoms with E-state index in [0.717, 1.165) is 0 Å². The second-order valence-electron chi connectivity index (χ2n) is 4.28. The summed E-state index contributed by atoms with van der Waals surface area (Å²) in [6, 6.07) is 12.4. The molecule has 0 aliphatic rings. The molecule has 0 saturated carbocycles. The van der Waals surface area contributed by atoms with Crippen molar-refractivity contribution in [3.8, 4) is 0 Å². The minimum Gasteiger partial charge on any atom is -0.399 e. The number of anilines is 3. The Morgan fingerprint density at radius 2 is 1.95 bits per heavy atom. The Hall–Kier alpha value is -2.56. The molecule has 0 aliphatic carbocycles. The quantitative estimate of drug-likeness (QED) is 0.841. The Morgan fingerprint density at radius 3 is 2.55 bits per heavy atom. The lowest BCUT2D eigenvalue weighted by molar-refractivity contribution is 0.257. The summed E-state index contributed by atoms with van der Waals surface area (Å²) in [5, 5.41) is 2.75. The van der Waals surface area contributed by atoms with E-state index in [1.54, 1.807) is 36.4 Å². The Kier molecular flexibility index (Phi) is 4.20. The normalized spacial score (nSPS) is 10.1. The summed E-state index contributed by atoms with van der Waals surface area (Å²) >= 11 is 0. The van der Waals surface area contributed by atoms with Crippen molar-refractivity contribution in [1.82, 2.24) is 0 Å². The van der Waals surface area contributed by atoms with Gasteiger partial charge in [-0.3, -0.25) is 4.90 Å². The lowest BCUT2D eigenvalue weighted by atomic mass is 10.2. The molecular weight excluding hydrogens is 257 g/mol. The Labute approximate surface area is 117 Å². The number of hydrogen-bond acceptors (Lipinski definition) is 2. The first-order valence-corrected chi connectivity index (χ1v) is 6.30. The molecule has 0 bridgehead atoms. The minimum absolute atomic E-state index is 0.317. The lowest BCUT2D eigenvalue weighted by Gasteiger charge is -2.21. The maximum atomic E-state index is 13.2. The van der Waals surface area contributed by atoms with Crippen molar-refractivity contribution in [1.29, 1.82) is 0 Å². The predicted octanol–water partition coefficient (Wildman–Crippen LogP) is 3.47. The van der Waals surface area contributed by atoms with Crippen molar-refractivity contribution >= 4 is 23.1 Å². The molecule has 0 saturated heterocycles. The smallest absolute Gasteiger partial charge is 0.326 e. The van der Waals surface area contributed by atoms with Crippen molar-refractivity contribution in [2.75, 3.05) is 22.5 Å². The first kappa shape index (κ1) is 13.9. The van der Waals surface area contributed by atoms with Crippen LogP contribution in [0.1, 0.15) is 6.92 Å². The fraction of sp³-hybridized carbons (Fsp3) is 0.133. The molecule has 0 heterocycles. The summed E-state index contributed by atoms with van der Waals surface area (Å²) in [7, 11) is 0. The highest BCUT2D eigenvalue weighted by molar-refractivity contribution is 6.01. The molecule has 2 rings (SSSR count). The van der Waals surface area contributed by atoms with E-state index >= 15 is 0 Å². The maximum Gasteiger partial charge on any atom is 0.326 e. The van der Waals surface area contributed by atoms with Crippen LogP contribution in [0.3, 0.4) is 0 Å². The third kappa shape index (κ3) is 3.26. The number of nitrogens with zero attached hydrogens (tertiary/aromatic N) is 1. The number of benzene rings is 2. The molecule has 5 heteroatoms. The van der Waals surface area contributed by atoms with Crippen LogP contribution in [0, 0.1) is 5.82 Å². The van der Waals surface area contributed by atoms with Crippen molar-refractivity contribution < 1.29 is 9.18 Å². The minimum atomic E-state index is -0.374. The number of nitrogen functional groups attached to an aromatic ring is 1. The van der Waals surface area contributed by atoms with E-state index in [-0.39, 0.29) is 11.8 Å². The molecule has 0 aromatic heterocycles. The zero-order valence-corrected chi connectivity index (χ0v) is 11.1. The van der Waals surface area contributed by atoms with Crippen molar-refractivity contribution in [2.24, 2.45) is 0 Å². The highest BCUT2D eigenvalue weighted by atomic mass is 19.1. The number of urea groups is 1. The van der Waals surface area contributed by atoms with Crippen LogP contribution in [-0.2, 0) is 0 Å². The monoisotopic (exact) mass is 273 g/mol. The number of amides is 2. The van der Waals surface area contributed by atoms with Crippen molar-refractivity contribution in [3.63, 3.8) is 0 Å². The van der Waals surface area contributed by atoms with E-state index in [1.807, 2.05) is 6.92 Å². The van der Waals surface area contributed by atoms with Gasteiger partial charge >= 0.3 is 6.03 Å². The van der Waals surface area contributed by atoms with Gasteiger partial charge in [-0.05, 0) is 49.4 Å². The van der Waals surface area contributed by atoms with Crippen LogP contribution in [0.4, 0.5) is 26.2 Å². The van der Waals surface area contributed by atoms with Gasteiger partial charge in [-0.15, -0.1) is 0 Å². The van der Waals surface area contributed by atoms with E-state index < -0.39 is 0 Å². The highest BCUT2D eigenvalue weighted by Crippen LogP contribution is 2.17. The summed E-state index contributed by atoms with van der Waals surface area (Å²) in [6.07, 6.45) is 0. The van der Waals surface area contributed by atoms with Gasteiger partial charge in [0.15, 0.2) is 0 Å². The summed E-state index contributed by atoms with van der Waals surface area (Å²) in [4.78, 5) is 13.7. The van der Waals surface area contributed by atoms with Gasteiger partial charge in [0.1, 0.15) is 5.82 Å². The molecular formula is C15H16FN3O. The van der Waals surface area contributed by atoms with Gasteiger partial charge in [0.2, 0.25) is 0 Å². The molecule has 0 atom stereocenters. The SMILES string of the molecule is CCN(C(=O)Nc1ccc(N)cc1)c1cccc(F)c1. The summed E-state index contributed by atoms with van der Waals surface area (Å²) in [5.41, 5.74) is 7.36. The average molecular weight is 273 g/mol. The van der Waals surface area contributed by atoms with Gasteiger partial charge < -0.3 is 11.1 Å². The molecule has 2 amide bonds. The van der Waals surface area contributed by atoms with Crippen molar-refractivity contribution in [3.05, 3.63) is 54.3 Å². The molecule has 4 nitrogen and oxygen atoms in total. The van der Waals surface area contributed by atoms with Crippen LogP contribution in [-0.4, -0.2) is 12.6 Å². The van der Waals surface area contributed by atoms with Gasteiger partial charge in [-0.2, -0.15) is 0 Å². The molecule has 20 heavy (non-hydrogen) atoms. The van der Waals surface area contributed by atoms with Gasteiger partial charge in [0.05, 0.1) is 0 Å². The fourth-order valence-electron chi connectivity index (χ4n) is 1.84. The largest absolute Gasteiger partial charge is 0.399 e. The summed E-state index contributed by atoms with van der Waals surface area (Å²) in [6.45, 7) is 2.26. The number of carbonyl (C=O) groups excluding carboxylic acids is 1. The number of carbonyl (C=O) groups is 1. The Bertz CT molecular complexity index is 598. The zero-order chi connectivity index (χ0) is 14.5. The topological polar surface area (TPSA) is 58.4 Å². The Morgan fingerprint density at radius 1 is 1.25 bits per heavy atom. The molecule has 0 radical (unpaired) electrons. The summed E-state index contributed by atoms with van der Waals surface area (Å²) < 4.78 is 13.2. The molecule has 2 aromatic rings. The van der Waals surface area contributed by atoms with Crippen LogP contribution in [0.5, 0.6) is 0 Å². The lowest BCUT2D eigenvalue weighted by Crippen LogP contribution is -2.34. The number of hydrogen-bond donors (Lipinski definition) is 2. The van der Waals surface area contributed by atoms with Gasteiger partial charge in [-0.25, -0.2) is 9.18 Å². The number of nitrogens with two attached hydrogens (primary N) is 1. The maximum absolute atomic E-state index is 13.2. The molecule has 104 valence electrons. The molecule has 0 unspecified atom stereocenters. The van der Waals surface area contributed by atoms with Gasteiger partial charge in [0.25, 0.3) is 0 Å². The second-order valence-corrected chi connectivity index (χ2v) is 4.28. The van der Waals surface area contributed by atoms with Crippen molar-refractivity contribution in [2.45, 2.75) is 6.92 Å². The van der Waals surface area contributed by atoms with E-state index in [9.17, 15) is 9.18 Å². The zero-order valence-electron chi connectivity index (χ0n) is 11.1. The highest BCUT2D eigenvalue weighted by Gasteiger charge is 2.14. The predicted molar refractivity (Wildman–Crippen MR) is 79.3 cm³/mol. The van der Waals surface area contributed by atoms with Crippen LogP contribution < -0.4 is 16.0 Å². The Balaban J connectivity index is 2.15. The summed E-state index contributed by atoms with van der Waals surface area (Å²) in [5.74, 6) is -0.374. The second kappa shape index (κ2) is 6.06. The molecule has 3 N–H and O–H groups in total. The molecule has 0 aliphatic heterocycles. The molecule has 0 spiro atoms. The number of nitrogens with one attached hydrogen (secondary N) is 1. The third-order valence-corrected chi connectivity index (χ3v) is 2.84. The third-order valence-electron chi connectivity index (χ3n) is 2.84. The van der Waals surface area contributed by atoms with E-state index in [4.69, 9.17) is 5.73 Å². The number of halogens is 1. The van der Waals surface area contributed by atoms with Crippen LogP contribution in [0.15, 0.2) is 48.5 Å². The standard InChI is InChI=1S/C15H16FN3O/c1-2-19(14-5-3-4-11(16)10-14)15(20)18-13-8-6-12(17)7-9-13/h3-10H,2,17H2,1H3,(H,18,20). The van der Waals surface area contributed by atoms with Gasteiger partial charge in [0, 0.05) is 23.6 Å². The van der Waals surface area contributed by atoms with Gasteiger partial charge in [-0.1, -0.05) is 6.07 Å².